The highest BCUT2D eigenvalue weighted by atomic mass is 16.5. The summed E-state index contributed by atoms with van der Waals surface area (Å²) in [6.45, 7) is 0. The Labute approximate surface area is 147 Å². The lowest BCUT2D eigenvalue weighted by Gasteiger charge is -2.12. The Kier molecular flexibility index (Phi) is 4.25. The van der Waals surface area contributed by atoms with Gasteiger partial charge in [-0.2, -0.15) is 0 Å². The summed E-state index contributed by atoms with van der Waals surface area (Å²) in [6.07, 6.45) is 1.18. The fraction of sp³-hybridized carbons (Fsp3) is 0.167. The molecule has 26 heavy (non-hydrogen) atoms. The number of hydrogen-bond acceptors (Lipinski definition) is 8. The van der Waals surface area contributed by atoms with Gasteiger partial charge < -0.3 is 33.9 Å². The Bertz CT molecular complexity index is 1050. The van der Waals surface area contributed by atoms with Crippen molar-refractivity contribution in [3.63, 3.8) is 0 Å². The molecule has 8 heteroatoms. The lowest BCUT2D eigenvalue weighted by molar-refractivity contribution is 0.333. The summed E-state index contributed by atoms with van der Waals surface area (Å²) < 4.78 is 20.6. The average Bonchev–Trinajstić information content (AvgIpc) is 2.63. The van der Waals surface area contributed by atoms with Crippen molar-refractivity contribution in [2.24, 2.45) is 0 Å². The normalized spacial score (nSPS) is 10.7. The first-order valence-electron chi connectivity index (χ1n) is 7.42. The van der Waals surface area contributed by atoms with Crippen LogP contribution in [-0.4, -0.2) is 36.6 Å². The van der Waals surface area contributed by atoms with E-state index < -0.39 is 16.9 Å². The minimum atomic E-state index is -0.653. The second-order valence-electron chi connectivity index (χ2n) is 5.36. The third kappa shape index (κ3) is 2.52. The Morgan fingerprint density at radius 3 is 2.19 bits per heavy atom. The first-order chi connectivity index (χ1) is 12.4. The van der Waals surface area contributed by atoms with Crippen molar-refractivity contribution in [3.05, 3.63) is 34.7 Å². The maximum atomic E-state index is 12.8. The highest BCUT2D eigenvalue weighted by Gasteiger charge is 2.21. The van der Waals surface area contributed by atoms with Crippen LogP contribution in [0.15, 0.2) is 33.7 Å². The molecule has 1 aromatic heterocycles. The third-order valence-corrected chi connectivity index (χ3v) is 3.97. The second-order valence-corrected chi connectivity index (χ2v) is 5.36. The summed E-state index contributed by atoms with van der Waals surface area (Å²) in [7, 11) is 4.06. The minimum Gasteiger partial charge on any atom is -0.504 e. The standard InChI is InChI=1S/C18H16O8/c1-23-12-6-11-14(17(22)16(12)21)15(20)9(7-26-11)8-4-10(19)18(25-3)13(5-8)24-2/h4-7,19,21-22H,1-3H3. The van der Waals surface area contributed by atoms with Gasteiger partial charge in [0, 0.05) is 6.07 Å². The van der Waals surface area contributed by atoms with Crippen LogP contribution >= 0.6 is 0 Å². The molecule has 0 fully saturated rings. The number of phenolic OH excluding ortho intramolecular Hbond substituents is 3. The van der Waals surface area contributed by atoms with Crippen molar-refractivity contribution in [2.75, 3.05) is 21.3 Å². The van der Waals surface area contributed by atoms with Crippen LogP contribution in [0.25, 0.3) is 22.1 Å². The van der Waals surface area contributed by atoms with E-state index in [0.717, 1.165) is 0 Å². The van der Waals surface area contributed by atoms with Gasteiger partial charge in [0.15, 0.2) is 23.0 Å². The Hall–Kier alpha value is -3.55. The van der Waals surface area contributed by atoms with Crippen molar-refractivity contribution in [3.8, 4) is 45.6 Å². The topological polar surface area (TPSA) is 119 Å². The third-order valence-electron chi connectivity index (χ3n) is 3.97. The fourth-order valence-corrected chi connectivity index (χ4v) is 2.69. The predicted octanol–water partition coefficient (Wildman–Crippen LogP) is 2.60. The molecule has 8 nitrogen and oxygen atoms in total. The van der Waals surface area contributed by atoms with E-state index >= 15 is 0 Å². The van der Waals surface area contributed by atoms with E-state index in [2.05, 4.69) is 0 Å². The second kappa shape index (κ2) is 6.40. The molecule has 3 N–H and O–H groups in total. The molecular weight excluding hydrogens is 344 g/mol. The van der Waals surface area contributed by atoms with Crippen molar-refractivity contribution >= 4 is 11.0 Å². The van der Waals surface area contributed by atoms with Gasteiger partial charge in [-0.1, -0.05) is 0 Å². The van der Waals surface area contributed by atoms with Crippen LogP contribution in [0, 0.1) is 0 Å². The average molecular weight is 360 g/mol. The molecule has 0 spiro atoms. The summed E-state index contributed by atoms with van der Waals surface area (Å²) in [5, 5.41) is 30.0. The lowest BCUT2D eigenvalue weighted by atomic mass is 10.0. The smallest absolute Gasteiger partial charge is 0.204 e. The first kappa shape index (κ1) is 17.3. The molecule has 0 atom stereocenters. The van der Waals surface area contributed by atoms with Crippen LogP contribution in [0.4, 0.5) is 0 Å². The molecule has 0 amide bonds. The number of methoxy groups -OCH3 is 3. The summed E-state index contributed by atoms with van der Waals surface area (Å²) in [5.41, 5.74) is -0.233. The van der Waals surface area contributed by atoms with E-state index in [0.29, 0.717) is 0 Å². The van der Waals surface area contributed by atoms with Gasteiger partial charge in [-0.25, -0.2) is 0 Å². The van der Waals surface area contributed by atoms with Crippen LogP contribution in [0.2, 0.25) is 0 Å². The van der Waals surface area contributed by atoms with E-state index in [1.807, 2.05) is 0 Å². The van der Waals surface area contributed by atoms with Crippen LogP contribution in [-0.2, 0) is 0 Å². The number of fused-ring (bicyclic) bond motifs is 1. The molecule has 0 saturated heterocycles. The molecule has 2 aromatic carbocycles. The fourth-order valence-electron chi connectivity index (χ4n) is 2.69. The zero-order valence-electron chi connectivity index (χ0n) is 14.2. The number of phenols is 3. The predicted molar refractivity (Wildman–Crippen MR) is 92.6 cm³/mol. The Morgan fingerprint density at radius 1 is 0.885 bits per heavy atom. The maximum Gasteiger partial charge on any atom is 0.204 e. The van der Waals surface area contributed by atoms with Crippen LogP contribution in [0.1, 0.15) is 0 Å². The van der Waals surface area contributed by atoms with Crippen LogP contribution in [0.5, 0.6) is 34.5 Å². The Morgan fingerprint density at radius 2 is 1.58 bits per heavy atom. The lowest BCUT2D eigenvalue weighted by Crippen LogP contribution is -2.06. The summed E-state index contributed by atoms with van der Waals surface area (Å²) in [4.78, 5) is 12.8. The van der Waals surface area contributed by atoms with Gasteiger partial charge in [-0.15, -0.1) is 0 Å². The zero-order chi connectivity index (χ0) is 19.0. The van der Waals surface area contributed by atoms with E-state index in [1.54, 1.807) is 0 Å². The summed E-state index contributed by atoms with van der Waals surface area (Å²) in [6, 6.07) is 4.08. The number of hydrogen-bond donors (Lipinski definition) is 3. The summed E-state index contributed by atoms with van der Waals surface area (Å²) in [5.74, 6) is -1.16. The maximum absolute atomic E-state index is 12.8. The zero-order valence-corrected chi connectivity index (χ0v) is 14.2. The number of rotatable bonds is 4. The van der Waals surface area contributed by atoms with Gasteiger partial charge in [0.2, 0.25) is 16.9 Å². The van der Waals surface area contributed by atoms with Gasteiger partial charge in [0.25, 0.3) is 0 Å². The number of ether oxygens (including phenoxy) is 3. The van der Waals surface area contributed by atoms with Crippen LogP contribution in [0.3, 0.4) is 0 Å². The monoisotopic (exact) mass is 360 g/mol. The SMILES string of the molecule is COc1cc2occ(-c3cc(O)c(OC)c(OC)c3)c(=O)c2c(O)c1O. The molecule has 136 valence electrons. The van der Waals surface area contributed by atoms with Gasteiger partial charge in [-0.05, 0) is 17.7 Å². The van der Waals surface area contributed by atoms with E-state index in [9.17, 15) is 20.1 Å². The summed E-state index contributed by atoms with van der Waals surface area (Å²) >= 11 is 0. The number of benzene rings is 2. The number of aromatic hydroxyl groups is 3. The molecule has 0 radical (unpaired) electrons. The van der Waals surface area contributed by atoms with Gasteiger partial charge in [-0.3, -0.25) is 4.79 Å². The van der Waals surface area contributed by atoms with E-state index in [-0.39, 0.29) is 45.1 Å². The molecule has 0 aliphatic carbocycles. The largest absolute Gasteiger partial charge is 0.504 e. The van der Waals surface area contributed by atoms with Gasteiger partial charge in [0.05, 0.1) is 26.9 Å². The van der Waals surface area contributed by atoms with Crippen molar-refractivity contribution < 1.29 is 33.9 Å². The molecule has 0 unspecified atom stereocenters. The van der Waals surface area contributed by atoms with Crippen molar-refractivity contribution in [1.29, 1.82) is 0 Å². The highest BCUT2D eigenvalue weighted by molar-refractivity contribution is 5.91. The molecule has 3 rings (SSSR count). The van der Waals surface area contributed by atoms with Gasteiger partial charge >= 0.3 is 0 Å². The van der Waals surface area contributed by atoms with Crippen molar-refractivity contribution in [2.45, 2.75) is 0 Å². The first-order valence-corrected chi connectivity index (χ1v) is 7.42. The minimum absolute atomic E-state index is 0.0327. The van der Waals surface area contributed by atoms with Gasteiger partial charge in [0.1, 0.15) is 17.2 Å². The molecule has 1 heterocycles. The molecule has 0 saturated carbocycles. The molecule has 0 aliphatic heterocycles. The van der Waals surface area contributed by atoms with E-state index in [1.165, 1.54) is 45.8 Å². The molecule has 0 bridgehead atoms. The van der Waals surface area contributed by atoms with Crippen molar-refractivity contribution in [1.82, 2.24) is 0 Å². The Balaban J connectivity index is 2.31. The molecule has 3 aromatic rings. The molecular formula is C18H16O8. The van der Waals surface area contributed by atoms with Crippen LogP contribution < -0.4 is 19.6 Å². The highest BCUT2D eigenvalue weighted by Crippen LogP contribution is 2.43. The van der Waals surface area contributed by atoms with E-state index in [4.69, 9.17) is 18.6 Å². The molecule has 0 aliphatic rings. The quantitative estimate of drug-likeness (QED) is 0.608.